The molecule has 0 atom stereocenters. The van der Waals surface area contributed by atoms with Crippen molar-refractivity contribution in [1.29, 1.82) is 0 Å². The molecular weight excluding hydrogens is 332 g/mol. The van der Waals surface area contributed by atoms with Crippen molar-refractivity contribution in [2.45, 2.75) is 6.54 Å². The molecule has 0 spiro atoms. The van der Waals surface area contributed by atoms with Crippen molar-refractivity contribution in [3.8, 4) is 0 Å². The molecule has 2 aromatic rings. The van der Waals surface area contributed by atoms with E-state index in [9.17, 15) is 4.79 Å². The summed E-state index contributed by atoms with van der Waals surface area (Å²) in [5.74, 6) is 0. The molecule has 2 amide bonds. The second-order valence-corrected chi connectivity index (χ2v) is 5.71. The Morgan fingerprint density at radius 3 is 2.76 bits per heavy atom. The predicted molar refractivity (Wildman–Crippen MR) is 86.5 cm³/mol. The minimum Gasteiger partial charge on any atom is -0.381 e. The van der Waals surface area contributed by atoms with Gasteiger partial charge >= 0.3 is 6.03 Å². The zero-order chi connectivity index (χ0) is 14.7. The third-order valence-electron chi connectivity index (χ3n) is 3.29. The van der Waals surface area contributed by atoms with Gasteiger partial charge in [0.2, 0.25) is 0 Å². The van der Waals surface area contributed by atoms with Gasteiger partial charge < -0.3 is 10.6 Å². The van der Waals surface area contributed by atoms with E-state index in [-0.39, 0.29) is 6.03 Å². The van der Waals surface area contributed by atoms with Crippen LogP contribution in [0.15, 0.2) is 47.2 Å². The normalized spacial score (nSPS) is 14.1. The molecule has 6 heteroatoms. The molecule has 0 saturated carbocycles. The number of amides is 2. The van der Waals surface area contributed by atoms with Crippen LogP contribution in [0, 0.1) is 0 Å². The SMILES string of the molecule is O=C1NCCN1c1ccc(NCc2cncc(Br)c2)cc1. The largest absolute Gasteiger partial charge is 0.381 e. The Kier molecular flexibility index (Phi) is 4.06. The van der Waals surface area contributed by atoms with Crippen LogP contribution < -0.4 is 15.5 Å². The number of anilines is 2. The van der Waals surface area contributed by atoms with Gasteiger partial charge in [0.1, 0.15) is 0 Å². The molecule has 1 aromatic carbocycles. The second-order valence-electron chi connectivity index (χ2n) is 4.80. The van der Waals surface area contributed by atoms with Crippen LogP contribution in [0.25, 0.3) is 0 Å². The number of urea groups is 1. The highest BCUT2D eigenvalue weighted by molar-refractivity contribution is 9.10. The summed E-state index contributed by atoms with van der Waals surface area (Å²) in [5, 5.41) is 6.13. The lowest BCUT2D eigenvalue weighted by Crippen LogP contribution is -2.27. The molecule has 21 heavy (non-hydrogen) atoms. The first-order valence-corrected chi connectivity index (χ1v) is 7.50. The molecule has 1 aliphatic rings. The molecule has 2 N–H and O–H groups in total. The molecule has 1 fully saturated rings. The topological polar surface area (TPSA) is 57.3 Å². The van der Waals surface area contributed by atoms with Crippen LogP contribution in [0.4, 0.5) is 16.2 Å². The van der Waals surface area contributed by atoms with Gasteiger partial charge in [-0.1, -0.05) is 0 Å². The summed E-state index contributed by atoms with van der Waals surface area (Å²) in [6.45, 7) is 2.13. The quantitative estimate of drug-likeness (QED) is 0.894. The maximum absolute atomic E-state index is 11.6. The lowest BCUT2D eigenvalue weighted by atomic mass is 10.2. The zero-order valence-electron chi connectivity index (χ0n) is 11.3. The molecular formula is C15H15BrN4O. The number of nitrogens with one attached hydrogen (secondary N) is 2. The Morgan fingerprint density at radius 2 is 2.10 bits per heavy atom. The molecule has 0 aliphatic carbocycles. The fourth-order valence-electron chi connectivity index (χ4n) is 2.23. The van der Waals surface area contributed by atoms with Crippen LogP contribution in [0.2, 0.25) is 0 Å². The van der Waals surface area contributed by atoms with E-state index >= 15 is 0 Å². The van der Waals surface area contributed by atoms with Gasteiger partial charge in [0.15, 0.2) is 0 Å². The van der Waals surface area contributed by atoms with Gasteiger partial charge in [0, 0.05) is 47.9 Å². The van der Waals surface area contributed by atoms with Gasteiger partial charge in [-0.05, 0) is 51.8 Å². The highest BCUT2D eigenvalue weighted by atomic mass is 79.9. The van der Waals surface area contributed by atoms with Gasteiger partial charge in [0.25, 0.3) is 0 Å². The molecule has 5 nitrogen and oxygen atoms in total. The summed E-state index contributed by atoms with van der Waals surface area (Å²) in [5.41, 5.74) is 3.03. The average molecular weight is 347 g/mol. The number of hydrogen-bond acceptors (Lipinski definition) is 3. The van der Waals surface area contributed by atoms with E-state index in [2.05, 4.69) is 31.5 Å². The maximum atomic E-state index is 11.6. The first-order valence-electron chi connectivity index (χ1n) is 6.71. The molecule has 0 bridgehead atoms. The number of carbonyl (C=O) groups excluding carboxylic acids is 1. The number of aromatic nitrogens is 1. The van der Waals surface area contributed by atoms with Crippen LogP contribution in [0.3, 0.4) is 0 Å². The second kappa shape index (κ2) is 6.13. The first-order chi connectivity index (χ1) is 10.2. The highest BCUT2D eigenvalue weighted by Crippen LogP contribution is 2.20. The van der Waals surface area contributed by atoms with E-state index in [0.29, 0.717) is 13.1 Å². The molecule has 0 radical (unpaired) electrons. The van der Waals surface area contributed by atoms with Crippen molar-refractivity contribution in [2.75, 3.05) is 23.3 Å². The molecule has 0 unspecified atom stereocenters. The van der Waals surface area contributed by atoms with Crippen LogP contribution in [0.5, 0.6) is 0 Å². The first kappa shape index (κ1) is 13.9. The van der Waals surface area contributed by atoms with Gasteiger partial charge in [-0.2, -0.15) is 0 Å². The Labute approximate surface area is 131 Å². The van der Waals surface area contributed by atoms with Crippen molar-refractivity contribution in [3.63, 3.8) is 0 Å². The Bertz CT molecular complexity index is 644. The number of halogens is 1. The standard InChI is InChI=1S/C15H15BrN4O/c16-12-7-11(8-17-10-12)9-19-13-1-3-14(4-2-13)20-6-5-18-15(20)21/h1-4,7-8,10,19H,5-6,9H2,(H,18,21). The monoisotopic (exact) mass is 346 g/mol. The number of pyridine rings is 1. The van der Waals surface area contributed by atoms with Crippen LogP contribution in [-0.4, -0.2) is 24.1 Å². The smallest absolute Gasteiger partial charge is 0.321 e. The van der Waals surface area contributed by atoms with Crippen LogP contribution >= 0.6 is 15.9 Å². The summed E-state index contributed by atoms with van der Waals surface area (Å²) in [4.78, 5) is 17.5. The highest BCUT2D eigenvalue weighted by Gasteiger charge is 2.20. The number of hydrogen-bond donors (Lipinski definition) is 2. The molecule has 1 aromatic heterocycles. The third-order valence-corrected chi connectivity index (χ3v) is 3.73. The van der Waals surface area contributed by atoms with E-state index in [1.165, 1.54) is 0 Å². The van der Waals surface area contributed by atoms with Gasteiger partial charge in [0.05, 0.1) is 0 Å². The molecule has 3 rings (SSSR count). The van der Waals surface area contributed by atoms with Crippen LogP contribution in [-0.2, 0) is 6.54 Å². The third kappa shape index (κ3) is 3.33. The van der Waals surface area contributed by atoms with E-state index in [1.807, 2.05) is 36.5 Å². The zero-order valence-corrected chi connectivity index (χ0v) is 12.9. The van der Waals surface area contributed by atoms with E-state index in [0.717, 1.165) is 28.0 Å². The number of carbonyl (C=O) groups is 1. The summed E-state index contributed by atoms with van der Waals surface area (Å²) in [7, 11) is 0. The minimum atomic E-state index is -0.0316. The fraction of sp³-hybridized carbons (Fsp3) is 0.200. The summed E-state index contributed by atoms with van der Waals surface area (Å²) in [6, 6.07) is 9.86. The molecule has 2 heterocycles. The Hall–Kier alpha value is -2.08. The Morgan fingerprint density at radius 1 is 1.29 bits per heavy atom. The van der Waals surface area contributed by atoms with Gasteiger partial charge in [-0.3, -0.25) is 9.88 Å². The number of benzene rings is 1. The predicted octanol–water partition coefficient (Wildman–Crippen LogP) is 2.99. The number of nitrogens with zero attached hydrogens (tertiary/aromatic N) is 2. The van der Waals surface area contributed by atoms with Crippen molar-refractivity contribution < 1.29 is 4.79 Å². The van der Waals surface area contributed by atoms with Crippen molar-refractivity contribution in [2.24, 2.45) is 0 Å². The van der Waals surface area contributed by atoms with E-state index in [4.69, 9.17) is 0 Å². The summed E-state index contributed by atoms with van der Waals surface area (Å²) < 4.78 is 0.970. The minimum absolute atomic E-state index is 0.0316. The van der Waals surface area contributed by atoms with Gasteiger partial charge in [-0.15, -0.1) is 0 Å². The maximum Gasteiger partial charge on any atom is 0.321 e. The van der Waals surface area contributed by atoms with E-state index in [1.54, 1.807) is 11.1 Å². The molecule has 1 aliphatic heterocycles. The van der Waals surface area contributed by atoms with Crippen molar-refractivity contribution in [3.05, 3.63) is 52.8 Å². The average Bonchev–Trinajstić information content (AvgIpc) is 2.92. The fourth-order valence-corrected chi connectivity index (χ4v) is 2.65. The van der Waals surface area contributed by atoms with Crippen LogP contribution in [0.1, 0.15) is 5.56 Å². The van der Waals surface area contributed by atoms with Crippen molar-refractivity contribution in [1.82, 2.24) is 10.3 Å². The Balaban J connectivity index is 1.63. The number of rotatable bonds is 4. The lowest BCUT2D eigenvalue weighted by Gasteiger charge is -2.15. The molecule has 108 valence electrons. The lowest BCUT2D eigenvalue weighted by molar-refractivity contribution is 0.252. The molecule has 1 saturated heterocycles. The summed E-state index contributed by atoms with van der Waals surface area (Å²) >= 11 is 3.41. The summed E-state index contributed by atoms with van der Waals surface area (Å²) in [6.07, 6.45) is 3.60. The van der Waals surface area contributed by atoms with Gasteiger partial charge in [-0.25, -0.2) is 4.79 Å². The van der Waals surface area contributed by atoms with E-state index < -0.39 is 0 Å². The van der Waals surface area contributed by atoms with Crippen molar-refractivity contribution >= 4 is 33.3 Å².